The molecule has 20 heavy (non-hydrogen) atoms. The molecule has 1 atom stereocenters. The highest BCUT2D eigenvalue weighted by atomic mass is 14.1. The van der Waals surface area contributed by atoms with Gasteiger partial charge in [-0.2, -0.15) is 0 Å². The van der Waals surface area contributed by atoms with E-state index in [9.17, 15) is 0 Å². The Kier molecular flexibility index (Phi) is 4.95. The minimum atomic E-state index is 0.526. The molecule has 2 aromatic carbocycles. The van der Waals surface area contributed by atoms with E-state index in [2.05, 4.69) is 81.1 Å². The maximum absolute atomic E-state index is 4.23. The molecule has 0 N–H and O–H groups in total. The van der Waals surface area contributed by atoms with Gasteiger partial charge in [0.25, 0.3) is 0 Å². The molecule has 0 amide bonds. The smallest absolute Gasteiger partial charge is 0.0187 e. The van der Waals surface area contributed by atoms with Crippen molar-refractivity contribution in [3.8, 4) is 0 Å². The molecule has 102 valence electrons. The van der Waals surface area contributed by atoms with Gasteiger partial charge >= 0.3 is 0 Å². The Labute approximate surface area is 122 Å². The third-order valence-electron chi connectivity index (χ3n) is 3.72. The molecule has 0 spiro atoms. The molecule has 0 heteroatoms. The van der Waals surface area contributed by atoms with Crippen molar-refractivity contribution in [2.45, 2.75) is 20.3 Å². The van der Waals surface area contributed by atoms with Gasteiger partial charge in [-0.25, -0.2) is 0 Å². The summed E-state index contributed by atoms with van der Waals surface area (Å²) in [5.74, 6) is 0.526. The maximum Gasteiger partial charge on any atom is -0.0187 e. The molecule has 2 aromatic rings. The van der Waals surface area contributed by atoms with Crippen molar-refractivity contribution in [1.29, 1.82) is 0 Å². The standard InChI is InChI=1S/C20H22/c1-4-16(2)20(19-13-9-6-10-14-19)15-17(3)18-11-7-5-8-12-18/h5-16H,3-4H2,1-2H3/b20-15+. The normalized spacial score (nSPS) is 13.0. The van der Waals surface area contributed by atoms with Crippen LogP contribution in [0.5, 0.6) is 0 Å². The summed E-state index contributed by atoms with van der Waals surface area (Å²) in [6.07, 6.45) is 3.36. The monoisotopic (exact) mass is 262 g/mol. The van der Waals surface area contributed by atoms with Gasteiger partial charge in [0.15, 0.2) is 0 Å². The lowest BCUT2D eigenvalue weighted by molar-refractivity contribution is 0.718. The summed E-state index contributed by atoms with van der Waals surface area (Å²) >= 11 is 0. The topological polar surface area (TPSA) is 0 Å². The highest BCUT2D eigenvalue weighted by molar-refractivity contribution is 5.83. The van der Waals surface area contributed by atoms with Gasteiger partial charge < -0.3 is 0 Å². The van der Waals surface area contributed by atoms with E-state index in [-0.39, 0.29) is 0 Å². The summed E-state index contributed by atoms with van der Waals surface area (Å²) in [5.41, 5.74) is 4.91. The van der Waals surface area contributed by atoms with Crippen LogP contribution in [0.3, 0.4) is 0 Å². The van der Waals surface area contributed by atoms with Gasteiger partial charge in [0.2, 0.25) is 0 Å². The average molecular weight is 262 g/mol. The van der Waals surface area contributed by atoms with E-state index in [4.69, 9.17) is 0 Å². The van der Waals surface area contributed by atoms with Crippen molar-refractivity contribution in [1.82, 2.24) is 0 Å². The van der Waals surface area contributed by atoms with Crippen LogP contribution in [0, 0.1) is 5.92 Å². The van der Waals surface area contributed by atoms with Crippen LogP contribution >= 0.6 is 0 Å². The zero-order chi connectivity index (χ0) is 14.4. The molecule has 0 aliphatic carbocycles. The zero-order valence-corrected chi connectivity index (χ0v) is 12.3. The van der Waals surface area contributed by atoms with Crippen molar-refractivity contribution in [3.63, 3.8) is 0 Å². The van der Waals surface area contributed by atoms with Gasteiger partial charge in [0.05, 0.1) is 0 Å². The van der Waals surface area contributed by atoms with Gasteiger partial charge in [-0.1, -0.05) is 87.2 Å². The van der Waals surface area contributed by atoms with Gasteiger partial charge in [-0.05, 0) is 34.6 Å². The lowest BCUT2D eigenvalue weighted by Crippen LogP contribution is -1.98. The van der Waals surface area contributed by atoms with Crippen molar-refractivity contribution in [3.05, 3.63) is 84.4 Å². The fourth-order valence-corrected chi connectivity index (χ4v) is 2.28. The molecule has 0 aliphatic heterocycles. The minimum absolute atomic E-state index is 0.526. The Bertz CT molecular complexity index is 576. The first-order valence-electron chi connectivity index (χ1n) is 7.23. The quantitative estimate of drug-likeness (QED) is 0.595. The van der Waals surface area contributed by atoms with E-state index >= 15 is 0 Å². The molecular formula is C20H22. The fourth-order valence-electron chi connectivity index (χ4n) is 2.28. The van der Waals surface area contributed by atoms with E-state index < -0.39 is 0 Å². The van der Waals surface area contributed by atoms with Crippen LogP contribution in [0.4, 0.5) is 0 Å². The third-order valence-corrected chi connectivity index (χ3v) is 3.72. The van der Waals surface area contributed by atoms with E-state index in [0.717, 1.165) is 12.0 Å². The second-order valence-corrected chi connectivity index (χ2v) is 5.17. The van der Waals surface area contributed by atoms with Crippen molar-refractivity contribution in [2.75, 3.05) is 0 Å². The molecule has 1 unspecified atom stereocenters. The Morgan fingerprint density at radius 3 is 1.95 bits per heavy atom. The van der Waals surface area contributed by atoms with Crippen LogP contribution in [0.15, 0.2) is 73.3 Å². The van der Waals surface area contributed by atoms with Crippen LogP contribution in [0.25, 0.3) is 11.1 Å². The van der Waals surface area contributed by atoms with E-state index in [0.29, 0.717) is 5.92 Å². The first-order valence-corrected chi connectivity index (χ1v) is 7.23. The number of hydrogen-bond acceptors (Lipinski definition) is 0. The summed E-state index contributed by atoms with van der Waals surface area (Å²) in [5, 5.41) is 0. The second-order valence-electron chi connectivity index (χ2n) is 5.17. The predicted octanol–water partition coefficient (Wildman–Crippen LogP) is 5.83. The maximum atomic E-state index is 4.23. The van der Waals surface area contributed by atoms with Crippen LogP contribution in [-0.4, -0.2) is 0 Å². The number of rotatable bonds is 5. The van der Waals surface area contributed by atoms with E-state index in [1.54, 1.807) is 0 Å². The van der Waals surface area contributed by atoms with Gasteiger partial charge in [-0.15, -0.1) is 0 Å². The van der Waals surface area contributed by atoms with Crippen LogP contribution in [0.1, 0.15) is 31.4 Å². The number of hydrogen-bond donors (Lipinski definition) is 0. The highest BCUT2D eigenvalue weighted by Crippen LogP contribution is 2.29. The van der Waals surface area contributed by atoms with E-state index in [1.165, 1.54) is 16.7 Å². The highest BCUT2D eigenvalue weighted by Gasteiger charge is 2.09. The Hall–Kier alpha value is -2.08. The molecule has 0 radical (unpaired) electrons. The Morgan fingerprint density at radius 2 is 1.45 bits per heavy atom. The molecular weight excluding hydrogens is 240 g/mol. The first-order chi connectivity index (χ1) is 9.72. The molecule has 0 nitrogen and oxygen atoms in total. The van der Waals surface area contributed by atoms with E-state index in [1.807, 2.05) is 6.07 Å². The summed E-state index contributed by atoms with van der Waals surface area (Å²) in [4.78, 5) is 0. The van der Waals surface area contributed by atoms with Crippen LogP contribution in [0.2, 0.25) is 0 Å². The first kappa shape index (κ1) is 14.3. The van der Waals surface area contributed by atoms with Crippen molar-refractivity contribution >= 4 is 11.1 Å². The number of allylic oxidation sites excluding steroid dienone is 3. The SMILES string of the molecule is C=C(/C=C(/c1ccccc1)C(C)CC)c1ccccc1. The van der Waals surface area contributed by atoms with Crippen molar-refractivity contribution in [2.24, 2.45) is 5.92 Å². The van der Waals surface area contributed by atoms with Gasteiger partial charge in [0, 0.05) is 0 Å². The predicted molar refractivity (Wildman–Crippen MR) is 89.4 cm³/mol. The minimum Gasteiger partial charge on any atom is -0.0911 e. The molecule has 0 bridgehead atoms. The summed E-state index contributed by atoms with van der Waals surface area (Å²) in [6, 6.07) is 21.0. The second kappa shape index (κ2) is 6.91. The third kappa shape index (κ3) is 3.48. The molecule has 0 saturated carbocycles. The molecule has 0 fully saturated rings. The molecule has 0 heterocycles. The van der Waals surface area contributed by atoms with Crippen LogP contribution < -0.4 is 0 Å². The Balaban J connectivity index is 2.37. The summed E-state index contributed by atoms with van der Waals surface area (Å²) in [7, 11) is 0. The molecule has 0 saturated heterocycles. The number of benzene rings is 2. The lowest BCUT2D eigenvalue weighted by atomic mass is 9.89. The fraction of sp³-hybridized carbons (Fsp3) is 0.200. The largest absolute Gasteiger partial charge is 0.0911 e. The molecule has 2 rings (SSSR count). The zero-order valence-electron chi connectivity index (χ0n) is 12.3. The summed E-state index contributed by atoms with van der Waals surface area (Å²) in [6.45, 7) is 8.73. The lowest BCUT2D eigenvalue weighted by Gasteiger charge is -2.16. The average Bonchev–Trinajstić information content (AvgIpc) is 2.53. The summed E-state index contributed by atoms with van der Waals surface area (Å²) < 4.78 is 0. The Morgan fingerprint density at radius 1 is 0.950 bits per heavy atom. The van der Waals surface area contributed by atoms with Crippen molar-refractivity contribution < 1.29 is 0 Å². The van der Waals surface area contributed by atoms with Gasteiger partial charge in [-0.3, -0.25) is 0 Å². The van der Waals surface area contributed by atoms with Gasteiger partial charge in [0.1, 0.15) is 0 Å². The molecule has 0 aromatic heterocycles. The molecule has 0 aliphatic rings. The van der Waals surface area contributed by atoms with Crippen LogP contribution in [-0.2, 0) is 0 Å².